The van der Waals surface area contributed by atoms with E-state index in [1.807, 2.05) is 24.1 Å². The van der Waals surface area contributed by atoms with Crippen molar-refractivity contribution in [1.82, 2.24) is 9.80 Å². The second-order valence-electron chi connectivity index (χ2n) is 5.53. The van der Waals surface area contributed by atoms with E-state index < -0.39 is 0 Å². The van der Waals surface area contributed by atoms with Crippen molar-refractivity contribution in [3.63, 3.8) is 0 Å². The predicted molar refractivity (Wildman–Crippen MR) is 86.1 cm³/mol. The van der Waals surface area contributed by atoms with Gasteiger partial charge < -0.3 is 10.0 Å². The van der Waals surface area contributed by atoms with E-state index in [1.165, 1.54) is 11.1 Å². The standard InChI is InChI=1S/C17H28N2O2/c1-4-5-10-19(11-12-20)14-17(21)18(3)13-16-9-7-6-8-15(16)2/h6-9,20H,4-5,10-14H2,1-3H3. The van der Waals surface area contributed by atoms with Crippen LogP contribution in [-0.2, 0) is 11.3 Å². The monoisotopic (exact) mass is 292 g/mol. The smallest absolute Gasteiger partial charge is 0.236 e. The molecule has 0 bridgehead atoms. The number of rotatable bonds is 9. The Morgan fingerprint density at radius 3 is 2.57 bits per heavy atom. The lowest BCUT2D eigenvalue weighted by Gasteiger charge is -2.25. The van der Waals surface area contributed by atoms with Crippen molar-refractivity contribution < 1.29 is 9.90 Å². The fraction of sp³-hybridized carbons (Fsp3) is 0.588. The van der Waals surface area contributed by atoms with Crippen LogP contribution >= 0.6 is 0 Å². The number of aryl methyl sites for hydroxylation is 1. The predicted octanol–water partition coefficient (Wildman–Crippen LogP) is 2.05. The first-order valence-corrected chi connectivity index (χ1v) is 7.70. The molecule has 0 saturated heterocycles. The quantitative estimate of drug-likeness (QED) is 0.757. The SMILES string of the molecule is CCCCN(CCO)CC(=O)N(C)Cc1ccccc1C. The highest BCUT2D eigenvalue weighted by molar-refractivity contribution is 5.78. The summed E-state index contributed by atoms with van der Waals surface area (Å²) in [7, 11) is 1.84. The third-order valence-corrected chi connectivity index (χ3v) is 3.70. The van der Waals surface area contributed by atoms with Gasteiger partial charge in [0, 0.05) is 20.1 Å². The minimum atomic E-state index is 0.0957. The van der Waals surface area contributed by atoms with Gasteiger partial charge in [-0.3, -0.25) is 9.69 Å². The molecule has 0 spiro atoms. The van der Waals surface area contributed by atoms with Crippen LogP contribution in [0.25, 0.3) is 0 Å². The molecule has 0 aliphatic carbocycles. The van der Waals surface area contributed by atoms with E-state index in [9.17, 15) is 4.79 Å². The van der Waals surface area contributed by atoms with Gasteiger partial charge in [0.15, 0.2) is 0 Å². The van der Waals surface area contributed by atoms with Crippen molar-refractivity contribution in [2.45, 2.75) is 33.2 Å². The first-order chi connectivity index (χ1) is 10.1. The molecule has 0 atom stereocenters. The summed E-state index contributed by atoms with van der Waals surface area (Å²) in [4.78, 5) is 16.1. The summed E-state index contributed by atoms with van der Waals surface area (Å²) in [6.45, 7) is 6.72. The van der Waals surface area contributed by atoms with Crippen LogP contribution in [0.3, 0.4) is 0 Å². The molecule has 0 heterocycles. The van der Waals surface area contributed by atoms with Crippen molar-refractivity contribution in [2.24, 2.45) is 0 Å². The number of aliphatic hydroxyl groups excluding tert-OH is 1. The molecule has 1 N–H and O–H groups in total. The zero-order valence-corrected chi connectivity index (χ0v) is 13.5. The number of benzene rings is 1. The van der Waals surface area contributed by atoms with Crippen LogP contribution in [0.5, 0.6) is 0 Å². The molecule has 4 nitrogen and oxygen atoms in total. The van der Waals surface area contributed by atoms with Crippen molar-refractivity contribution >= 4 is 5.91 Å². The van der Waals surface area contributed by atoms with E-state index in [2.05, 4.69) is 26.0 Å². The van der Waals surface area contributed by atoms with Crippen molar-refractivity contribution in [3.8, 4) is 0 Å². The van der Waals surface area contributed by atoms with Gasteiger partial charge in [-0.1, -0.05) is 37.6 Å². The van der Waals surface area contributed by atoms with E-state index in [-0.39, 0.29) is 12.5 Å². The minimum absolute atomic E-state index is 0.0957. The average Bonchev–Trinajstić information content (AvgIpc) is 2.47. The molecule has 0 radical (unpaired) electrons. The minimum Gasteiger partial charge on any atom is -0.395 e. The van der Waals surface area contributed by atoms with Crippen molar-refractivity contribution in [3.05, 3.63) is 35.4 Å². The largest absolute Gasteiger partial charge is 0.395 e. The molecule has 0 aliphatic heterocycles. The lowest BCUT2D eigenvalue weighted by Crippen LogP contribution is -2.39. The highest BCUT2D eigenvalue weighted by Crippen LogP contribution is 2.10. The van der Waals surface area contributed by atoms with E-state index in [0.717, 1.165) is 19.4 Å². The zero-order chi connectivity index (χ0) is 15.7. The molecule has 1 aromatic carbocycles. The van der Waals surface area contributed by atoms with E-state index in [0.29, 0.717) is 19.6 Å². The van der Waals surface area contributed by atoms with Crippen LogP contribution in [0.2, 0.25) is 0 Å². The summed E-state index contributed by atoms with van der Waals surface area (Å²) < 4.78 is 0. The molecule has 1 aromatic rings. The van der Waals surface area contributed by atoms with E-state index >= 15 is 0 Å². The zero-order valence-electron chi connectivity index (χ0n) is 13.5. The number of nitrogens with zero attached hydrogens (tertiary/aromatic N) is 2. The maximum absolute atomic E-state index is 12.3. The van der Waals surface area contributed by atoms with Crippen molar-refractivity contribution in [1.29, 1.82) is 0 Å². The summed E-state index contributed by atoms with van der Waals surface area (Å²) in [5.74, 6) is 0.0998. The van der Waals surface area contributed by atoms with Crippen LogP contribution in [-0.4, -0.2) is 54.1 Å². The fourth-order valence-corrected chi connectivity index (χ4v) is 2.24. The molecule has 0 aliphatic rings. The maximum Gasteiger partial charge on any atom is 0.236 e. The molecule has 21 heavy (non-hydrogen) atoms. The van der Waals surface area contributed by atoms with Gasteiger partial charge in [0.1, 0.15) is 0 Å². The third kappa shape index (κ3) is 6.27. The Labute approximate surface area is 128 Å². The molecule has 4 heteroatoms. The Balaban J connectivity index is 2.54. The number of hydrogen-bond donors (Lipinski definition) is 1. The molecule has 0 aromatic heterocycles. The Morgan fingerprint density at radius 2 is 1.95 bits per heavy atom. The molecular weight excluding hydrogens is 264 g/mol. The maximum atomic E-state index is 12.3. The first kappa shape index (κ1) is 17.7. The molecule has 118 valence electrons. The Kier molecular flexibility index (Phi) is 8.01. The van der Waals surface area contributed by atoms with Crippen LogP contribution in [0.1, 0.15) is 30.9 Å². The topological polar surface area (TPSA) is 43.8 Å². The van der Waals surface area contributed by atoms with Crippen LogP contribution in [0, 0.1) is 6.92 Å². The number of unbranched alkanes of at least 4 members (excludes halogenated alkanes) is 1. The highest BCUT2D eigenvalue weighted by atomic mass is 16.3. The molecule has 1 rings (SSSR count). The summed E-state index contributed by atoms with van der Waals surface area (Å²) in [6.07, 6.45) is 2.14. The van der Waals surface area contributed by atoms with Crippen LogP contribution < -0.4 is 0 Å². The third-order valence-electron chi connectivity index (χ3n) is 3.70. The van der Waals surface area contributed by atoms with E-state index in [4.69, 9.17) is 5.11 Å². The van der Waals surface area contributed by atoms with Crippen molar-refractivity contribution in [2.75, 3.05) is 33.3 Å². The first-order valence-electron chi connectivity index (χ1n) is 7.70. The summed E-state index contributed by atoms with van der Waals surface area (Å²) >= 11 is 0. The second-order valence-corrected chi connectivity index (χ2v) is 5.53. The van der Waals surface area contributed by atoms with Crippen LogP contribution in [0.15, 0.2) is 24.3 Å². The highest BCUT2D eigenvalue weighted by Gasteiger charge is 2.14. The van der Waals surface area contributed by atoms with Gasteiger partial charge in [0.2, 0.25) is 5.91 Å². The van der Waals surface area contributed by atoms with Gasteiger partial charge in [-0.2, -0.15) is 0 Å². The van der Waals surface area contributed by atoms with Gasteiger partial charge in [-0.05, 0) is 31.0 Å². The number of carbonyl (C=O) groups excluding carboxylic acids is 1. The van der Waals surface area contributed by atoms with Gasteiger partial charge >= 0.3 is 0 Å². The number of aliphatic hydroxyl groups is 1. The molecule has 0 saturated carbocycles. The summed E-state index contributed by atoms with van der Waals surface area (Å²) in [5, 5.41) is 9.09. The Bertz CT molecular complexity index is 435. The lowest BCUT2D eigenvalue weighted by molar-refractivity contribution is -0.131. The average molecular weight is 292 g/mol. The van der Waals surface area contributed by atoms with Crippen LogP contribution in [0.4, 0.5) is 0 Å². The summed E-state index contributed by atoms with van der Waals surface area (Å²) in [5.41, 5.74) is 2.38. The number of likely N-dealkylation sites (N-methyl/N-ethyl adjacent to an activating group) is 1. The van der Waals surface area contributed by atoms with E-state index in [1.54, 1.807) is 4.90 Å². The Morgan fingerprint density at radius 1 is 1.24 bits per heavy atom. The fourth-order valence-electron chi connectivity index (χ4n) is 2.24. The normalized spacial score (nSPS) is 10.9. The van der Waals surface area contributed by atoms with Gasteiger partial charge in [-0.15, -0.1) is 0 Å². The number of hydrogen-bond acceptors (Lipinski definition) is 3. The number of carbonyl (C=O) groups is 1. The lowest BCUT2D eigenvalue weighted by atomic mass is 10.1. The molecule has 0 unspecified atom stereocenters. The molecule has 1 amide bonds. The molecular formula is C17H28N2O2. The number of amides is 1. The Hall–Kier alpha value is -1.39. The van der Waals surface area contributed by atoms with Gasteiger partial charge in [0.05, 0.1) is 13.2 Å². The summed E-state index contributed by atoms with van der Waals surface area (Å²) in [6, 6.07) is 8.13. The second kappa shape index (κ2) is 9.53. The molecule has 0 fully saturated rings. The van der Waals surface area contributed by atoms with Gasteiger partial charge in [-0.25, -0.2) is 0 Å². The van der Waals surface area contributed by atoms with Gasteiger partial charge in [0.25, 0.3) is 0 Å².